The van der Waals surface area contributed by atoms with Gasteiger partial charge < -0.3 is 25.3 Å². The number of alkyl halides is 1. The summed E-state index contributed by atoms with van der Waals surface area (Å²) in [6.45, 7) is 0.990. The van der Waals surface area contributed by atoms with E-state index in [1.807, 2.05) is 6.92 Å². The molecule has 3 rings (SSSR count). The van der Waals surface area contributed by atoms with Crippen molar-refractivity contribution in [2.24, 2.45) is 10.7 Å². The molecule has 3 atom stereocenters. The zero-order valence-electron chi connectivity index (χ0n) is 17.0. The molecule has 166 valence electrons. The van der Waals surface area contributed by atoms with E-state index in [9.17, 15) is 13.6 Å². The molecule has 2 heterocycles. The van der Waals surface area contributed by atoms with Crippen molar-refractivity contribution in [3.05, 3.63) is 47.7 Å². The van der Waals surface area contributed by atoms with Crippen molar-refractivity contribution in [2.45, 2.75) is 31.5 Å². The number of aliphatic imine (C=N–C) groups is 1. The molecule has 1 aromatic heterocycles. The van der Waals surface area contributed by atoms with Gasteiger partial charge in [-0.15, -0.1) is 0 Å². The second-order valence-corrected chi connectivity index (χ2v) is 6.89. The Balaban J connectivity index is 1.81. The number of amidine groups is 1. The first-order chi connectivity index (χ1) is 14.9. The summed E-state index contributed by atoms with van der Waals surface area (Å²) in [5, 5.41) is 2.66. The number of halogens is 2. The molecule has 11 heteroatoms. The third kappa shape index (κ3) is 5.63. The van der Waals surface area contributed by atoms with Crippen molar-refractivity contribution in [1.82, 2.24) is 9.97 Å². The quantitative estimate of drug-likeness (QED) is 0.406. The van der Waals surface area contributed by atoms with E-state index < -0.39 is 30.5 Å². The van der Waals surface area contributed by atoms with Crippen LogP contribution in [0.2, 0.25) is 0 Å². The number of aromatic nitrogens is 2. The van der Waals surface area contributed by atoms with Gasteiger partial charge in [-0.25, -0.2) is 23.7 Å². The van der Waals surface area contributed by atoms with Crippen molar-refractivity contribution in [3.8, 4) is 5.88 Å². The zero-order chi connectivity index (χ0) is 22.4. The molecule has 0 aliphatic carbocycles. The van der Waals surface area contributed by atoms with Gasteiger partial charge in [0, 0.05) is 18.0 Å². The van der Waals surface area contributed by atoms with Crippen LogP contribution in [0.5, 0.6) is 5.88 Å². The summed E-state index contributed by atoms with van der Waals surface area (Å²) in [5.74, 6) is -1.29. The van der Waals surface area contributed by atoms with Crippen molar-refractivity contribution >= 4 is 17.6 Å². The molecule has 0 bridgehead atoms. The van der Waals surface area contributed by atoms with Crippen LogP contribution >= 0.6 is 0 Å². The van der Waals surface area contributed by atoms with Gasteiger partial charge in [0.1, 0.15) is 17.6 Å². The number of ether oxygens (including phenoxy) is 3. The van der Waals surface area contributed by atoms with Gasteiger partial charge in [-0.05, 0) is 30.7 Å². The summed E-state index contributed by atoms with van der Waals surface area (Å²) in [7, 11) is 1.44. The lowest BCUT2D eigenvalue weighted by atomic mass is 9.88. The van der Waals surface area contributed by atoms with Gasteiger partial charge in [0.25, 0.3) is 11.9 Å². The van der Waals surface area contributed by atoms with E-state index >= 15 is 0 Å². The van der Waals surface area contributed by atoms with Crippen LogP contribution in [0.1, 0.15) is 35.3 Å². The maximum absolute atomic E-state index is 14.7. The van der Waals surface area contributed by atoms with Crippen molar-refractivity contribution in [2.75, 3.05) is 25.8 Å². The fourth-order valence-corrected chi connectivity index (χ4v) is 3.25. The van der Waals surface area contributed by atoms with Gasteiger partial charge in [-0.3, -0.25) is 4.79 Å². The number of methoxy groups -OCH3 is 1. The minimum Gasteiger partial charge on any atom is -0.480 e. The molecule has 2 aromatic rings. The highest BCUT2D eigenvalue weighted by Crippen LogP contribution is 2.34. The first-order valence-electron chi connectivity index (χ1n) is 9.52. The number of benzene rings is 1. The first-order valence-corrected chi connectivity index (χ1v) is 9.52. The third-order valence-corrected chi connectivity index (χ3v) is 4.78. The molecule has 1 saturated heterocycles. The van der Waals surface area contributed by atoms with Crippen molar-refractivity contribution < 1.29 is 27.8 Å². The fraction of sp³-hybridized carbons (Fsp3) is 0.400. The highest BCUT2D eigenvalue weighted by Gasteiger charge is 2.34. The Hall–Kier alpha value is -3.34. The Labute approximate surface area is 177 Å². The lowest BCUT2D eigenvalue weighted by Crippen LogP contribution is -2.39. The van der Waals surface area contributed by atoms with E-state index in [-0.39, 0.29) is 35.9 Å². The number of nitrogens with one attached hydrogen (secondary N) is 1. The molecule has 1 aliphatic heterocycles. The predicted molar refractivity (Wildman–Crippen MR) is 108 cm³/mol. The van der Waals surface area contributed by atoms with E-state index in [1.165, 1.54) is 37.7 Å². The van der Waals surface area contributed by atoms with Crippen LogP contribution in [0.4, 0.5) is 14.5 Å². The predicted octanol–water partition coefficient (Wildman–Crippen LogP) is 2.40. The number of anilines is 1. The Morgan fingerprint density at radius 3 is 2.87 bits per heavy atom. The van der Waals surface area contributed by atoms with Crippen LogP contribution in [0, 0.1) is 5.82 Å². The van der Waals surface area contributed by atoms with Gasteiger partial charge in [-0.1, -0.05) is 0 Å². The Kier molecular flexibility index (Phi) is 7.29. The average molecular weight is 435 g/mol. The third-order valence-electron chi connectivity index (χ3n) is 4.78. The number of nitrogens with two attached hydrogens (primary N) is 1. The smallest absolute Gasteiger partial charge is 0.284 e. The molecular formula is C20H23F2N5O4. The van der Waals surface area contributed by atoms with E-state index in [0.29, 0.717) is 12.1 Å². The molecular weight excluding hydrogens is 412 g/mol. The summed E-state index contributed by atoms with van der Waals surface area (Å²) in [6.07, 6.45) is 2.26. The Morgan fingerprint density at radius 2 is 2.19 bits per heavy atom. The first kappa shape index (κ1) is 22.3. The minimum absolute atomic E-state index is 0.0675. The Morgan fingerprint density at radius 1 is 1.39 bits per heavy atom. The Bertz CT molecular complexity index is 942. The van der Waals surface area contributed by atoms with Gasteiger partial charge >= 0.3 is 0 Å². The molecule has 3 N–H and O–H groups in total. The fourth-order valence-electron chi connectivity index (χ4n) is 3.25. The lowest BCUT2D eigenvalue weighted by molar-refractivity contribution is -0.0468. The molecule has 1 aliphatic rings. The van der Waals surface area contributed by atoms with Crippen LogP contribution < -0.4 is 15.8 Å². The summed E-state index contributed by atoms with van der Waals surface area (Å²) in [4.78, 5) is 23.7. The molecule has 0 saturated carbocycles. The second-order valence-electron chi connectivity index (χ2n) is 6.89. The molecule has 1 fully saturated rings. The molecule has 31 heavy (non-hydrogen) atoms. The van der Waals surface area contributed by atoms with Crippen LogP contribution in [0.3, 0.4) is 0 Å². The highest BCUT2D eigenvalue weighted by atomic mass is 19.1. The number of hydrogen-bond acceptors (Lipinski definition) is 7. The number of nitrogens with zero attached hydrogens (tertiary/aromatic N) is 3. The van der Waals surface area contributed by atoms with Crippen LogP contribution in [-0.4, -0.2) is 54.6 Å². The van der Waals surface area contributed by atoms with Crippen LogP contribution in [0.15, 0.2) is 35.6 Å². The second kappa shape index (κ2) is 10.1. The number of carbonyl (C=O) groups excluding carboxylic acids is 1. The summed E-state index contributed by atoms with van der Waals surface area (Å²) in [5.41, 5.74) is 6.28. The maximum Gasteiger partial charge on any atom is 0.284 e. The number of rotatable bonds is 6. The molecule has 0 spiro atoms. The monoisotopic (exact) mass is 435 g/mol. The highest BCUT2D eigenvalue weighted by molar-refractivity contribution is 6.02. The van der Waals surface area contributed by atoms with Crippen molar-refractivity contribution in [3.63, 3.8) is 0 Å². The standard InChI is InChI=1S/C20H23F2N5O4/c1-11-5-17(31-20(23)26-10-21)14(9-30-11)13-6-12(3-4-15(13)22)27-19(28)16-7-25-18(29-2)8-24-16/h3-4,6-8,11,14,17H,5,9-10H2,1-2H3,(H2,23,26)(H,27,28)/t11-,14-,17-/m1/s1. The molecule has 1 amide bonds. The number of carbonyl (C=O) groups is 1. The summed E-state index contributed by atoms with van der Waals surface area (Å²) in [6, 6.07) is 3.84. The largest absolute Gasteiger partial charge is 0.480 e. The molecule has 9 nitrogen and oxygen atoms in total. The molecule has 1 aromatic carbocycles. The lowest BCUT2D eigenvalue weighted by Gasteiger charge is -2.35. The zero-order valence-corrected chi connectivity index (χ0v) is 17.0. The average Bonchev–Trinajstić information content (AvgIpc) is 2.75. The molecule has 0 radical (unpaired) electrons. The normalized spacial score (nSPS) is 21.4. The number of amides is 1. The molecule has 0 unspecified atom stereocenters. The van der Waals surface area contributed by atoms with Gasteiger partial charge in [-0.2, -0.15) is 0 Å². The van der Waals surface area contributed by atoms with Gasteiger partial charge in [0.05, 0.1) is 32.2 Å². The minimum atomic E-state index is -1.01. The van der Waals surface area contributed by atoms with Gasteiger partial charge in [0.15, 0.2) is 6.80 Å². The number of hydrogen-bond donors (Lipinski definition) is 2. The summed E-state index contributed by atoms with van der Waals surface area (Å²) < 4.78 is 43.2. The summed E-state index contributed by atoms with van der Waals surface area (Å²) >= 11 is 0. The SMILES string of the molecule is COc1cnc(C(=O)Nc2ccc(F)c([C@H]3CO[C@H](C)C[C@H]3O/C(N)=N\CF)c2)cn1. The van der Waals surface area contributed by atoms with E-state index in [1.54, 1.807) is 0 Å². The van der Waals surface area contributed by atoms with Crippen LogP contribution in [-0.2, 0) is 9.47 Å². The maximum atomic E-state index is 14.7. The van der Waals surface area contributed by atoms with Gasteiger partial charge in [0.2, 0.25) is 5.88 Å². The van der Waals surface area contributed by atoms with E-state index in [4.69, 9.17) is 19.9 Å². The van der Waals surface area contributed by atoms with Crippen LogP contribution in [0.25, 0.3) is 0 Å². The topological polar surface area (TPSA) is 121 Å². The van der Waals surface area contributed by atoms with E-state index in [0.717, 1.165) is 0 Å². The van der Waals surface area contributed by atoms with E-state index in [2.05, 4.69) is 20.3 Å². The van der Waals surface area contributed by atoms with Crippen molar-refractivity contribution in [1.29, 1.82) is 0 Å².